The molecule has 0 saturated heterocycles. The second kappa shape index (κ2) is 4.41. The third-order valence-electron chi connectivity index (χ3n) is 2.95. The van der Waals surface area contributed by atoms with Crippen LogP contribution < -0.4 is 22.9 Å². The van der Waals surface area contributed by atoms with Crippen LogP contribution in [0.4, 0.5) is 22.7 Å². The average Bonchev–Trinajstić information content (AvgIpc) is 2.36. The van der Waals surface area contributed by atoms with E-state index in [4.69, 9.17) is 28.0 Å². The Labute approximate surface area is 109 Å². The smallest absolute Gasteiger partial charge is 0.337 e. The molecule has 0 aliphatic carbocycles. The van der Waals surface area contributed by atoms with Gasteiger partial charge in [0, 0.05) is 11.1 Å². The van der Waals surface area contributed by atoms with Crippen LogP contribution in [-0.2, 0) is 0 Å². The van der Waals surface area contributed by atoms with E-state index in [0.717, 1.165) is 0 Å². The number of rotatable bonds is 2. The lowest BCUT2D eigenvalue weighted by Gasteiger charge is -2.13. The van der Waals surface area contributed by atoms with Gasteiger partial charge in [0.2, 0.25) is 0 Å². The summed E-state index contributed by atoms with van der Waals surface area (Å²) in [4.78, 5) is 11.0. The van der Waals surface area contributed by atoms with E-state index in [1.165, 1.54) is 6.07 Å². The summed E-state index contributed by atoms with van der Waals surface area (Å²) in [6.07, 6.45) is 0. The fourth-order valence-corrected chi connectivity index (χ4v) is 1.88. The Bertz CT molecular complexity index is 668. The molecule has 98 valence electrons. The van der Waals surface area contributed by atoms with Crippen LogP contribution in [0.25, 0.3) is 11.1 Å². The molecular formula is C13H14N4O2. The highest BCUT2D eigenvalue weighted by atomic mass is 16.4. The molecule has 19 heavy (non-hydrogen) atoms. The van der Waals surface area contributed by atoms with Crippen molar-refractivity contribution in [3.8, 4) is 11.1 Å². The number of para-hydroxylation sites is 1. The predicted molar refractivity (Wildman–Crippen MR) is 76.5 cm³/mol. The number of nitrogen functional groups attached to an aromatic ring is 4. The zero-order chi connectivity index (χ0) is 14.2. The highest BCUT2D eigenvalue weighted by Crippen LogP contribution is 2.37. The number of aromatic carboxylic acids is 1. The van der Waals surface area contributed by atoms with Crippen LogP contribution in [0.15, 0.2) is 30.3 Å². The maximum absolute atomic E-state index is 11.0. The fraction of sp³-hybridized carbons (Fsp3) is 0. The Morgan fingerprint density at radius 3 is 2.11 bits per heavy atom. The van der Waals surface area contributed by atoms with Gasteiger partial charge in [0.05, 0.1) is 28.3 Å². The number of carboxylic acid groups (broad SMARTS) is 1. The predicted octanol–water partition coefficient (Wildman–Crippen LogP) is 1.38. The van der Waals surface area contributed by atoms with E-state index in [9.17, 15) is 4.79 Å². The SMILES string of the molecule is Nc1cccc(-c2ccc(C(=O)O)c(N)c2N)c1N. The number of benzene rings is 2. The summed E-state index contributed by atoms with van der Waals surface area (Å²) in [6.45, 7) is 0. The average molecular weight is 258 g/mol. The van der Waals surface area contributed by atoms with Gasteiger partial charge < -0.3 is 28.0 Å². The van der Waals surface area contributed by atoms with Crippen LogP contribution in [0.2, 0.25) is 0 Å². The van der Waals surface area contributed by atoms with Gasteiger partial charge in [0.1, 0.15) is 0 Å². The Hall–Kier alpha value is -2.89. The van der Waals surface area contributed by atoms with Crippen molar-refractivity contribution in [2.45, 2.75) is 0 Å². The molecule has 6 nitrogen and oxygen atoms in total. The zero-order valence-electron chi connectivity index (χ0n) is 10.1. The van der Waals surface area contributed by atoms with Crippen molar-refractivity contribution in [1.82, 2.24) is 0 Å². The van der Waals surface area contributed by atoms with Crippen LogP contribution in [0.3, 0.4) is 0 Å². The van der Waals surface area contributed by atoms with Crippen molar-refractivity contribution in [3.05, 3.63) is 35.9 Å². The van der Waals surface area contributed by atoms with E-state index in [2.05, 4.69) is 0 Å². The maximum atomic E-state index is 11.0. The fourth-order valence-electron chi connectivity index (χ4n) is 1.88. The number of carbonyl (C=O) groups is 1. The van der Waals surface area contributed by atoms with Crippen LogP contribution in [0, 0.1) is 0 Å². The molecule has 0 unspecified atom stereocenters. The van der Waals surface area contributed by atoms with E-state index in [-0.39, 0.29) is 16.9 Å². The molecular weight excluding hydrogens is 244 g/mol. The first-order valence-corrected chi connectivity index (χ1v) is 5.49. The lowest BCUT2D eigenvalue weighted by molar-refractivity contribution is 0.0698. The Morgan fingerprint density at radius 2 is 1.47 bits per heavy atom. The molecule has 0 aliphatic heterocycles. The van der Waals surface area contributed by atoms with Crippen molar-refractivity contribution < 1.29 is 9.90 Å². The summed E-state index contributed by atoms with van der Waals surface area (Å²) < 4.78 is 0. The molecule has 6 heteroatoms. The normalized spacial score (nSPS) is 10.3. The second-order valence-electron chi connectivity index (χ2n) is 4.10. The summed E-state index contributed by atoms with van der Waals surface area (Å²) in [5.74, 6) is -1.13. The van der Waals surface area contributed by atoms with Gasteiger partial charge in [-0.15, -0.1) is 0 Å². The number of hydrogen-bond donors (Lipinski definition) is 5. The summed E-state index contributed by atoms with van der Waals surface area (Å²) in [6, 6.07) is 8.12. The molecule has 0 fully saturated rings. The highest BCUT2D eigenvalue weighted by Gasteiger charge is 2.16. The van der Waals surface area contributed by atoms with Gasteiger partial charge in [-0.05, 0) is 12.1 Å². The molecule has 2 aromatic rings. The molecule has 0 aliphatic rings. The van der Waals surface area contributed by atoms with E-state index >= 15 is 0 Å². The molecule has 0 bridgehead atoms. The van der Waals surface area contributed by atoms with Crippen molar-refractivity contribution in [2.75, 3.05) is 22.9 Å². The highest BCUT2D eigenvalue weighted by molar-refractivity contribution is 6.02. The second-order valence-corrected chi connectivity index (χ2v) is 4.10. The first kappa shape index (κ1) is 12.6. The Morgan fingerprint density at radius 1 is 0.842 bits per heavy atom. The number of hydrogen-bond acceptors (Lipinski definition) is 5. The number of carboxylic acids is 1. The number of anilines is 4. The quantitative estimate of drug-likeness (QED) is 0.515. The Balaban J connectivity index is 2.68. The monoisotopic (exact) mass is 258 g/mol. The van der Waals surface area contributed by atoms with Gasteiger partial charge in [-0.3, -0.25) is 0 Å². The van der Waals surface area contributed by atoms with Crippen LogP contribution >= 0.6 is 0 Å². The van der Waals surface area contributed by atoms with Gasteiger partial charge in [0.15, 0.2) is 0 Å². The summed E-state index contributed by atoms with van der Waals surface area (Å²) in [5.41, 5.74) is 25.4. The lowest BCUT2D eigenvalue weighted by atomic mass is 9.98. The molecule has 2 rings (SSSR count). The molecule has 0 amide bonds. The van der Waals surface area contributed by atoms with E-state index in [1.807, 2.05) is 0 Å². The minimum absolute atomic E-state index is 0.0202. The third-order valence-corrected chi connectivity index (χ3v) is 2.95. The van der Waals surface area contributed by atoms with Crippen molar-refractivity contribution in [3.63, 3.8) is 0 Å². The minimum Gasteiger partial charge on any atom is -0.478 e. The van der Waals surface area contributed by atoms with Gasteiger partial charge in [-0.2, -0.15) is 0 Å². The molecule has 2 aromatic carbocycles. The van der Waals surface area contributed by atoms with Crippen molar-refractivity contribution >= 4 is 28.7 Å². The first-order chi connectivity index (χ1) is 8.93. The zero-order valence-corrected chi connectivity index (χ0v) is 10.1. The van der Waals surface area contributed by atoms with Crippen molar-refractivity contribution in [1.29, 1.82) is 0 Å². The topological polar surface area (TPSA) is 141 Å². The molecule has 0 heterocycles. The molecule has 0 spiro atoms. The third kappa shape index (κ3) is 1.99. The lowest BCUT2D eigenvalue weighted by Crippen LogP contribution is -2.07. The van der Waals surface area contributed by atoms with Gasteiger partial charge in [0.25, 0.3) is 0 Å². The van der Waals surface area contributed by atoms with E-state index < -0.39 is 5.97 Å². The molecule has 0 aromatic heterocycles. The Kier molecular flexibility index (Phi) is 2.92. The van der Waals surface area contributed by atoms with Gasteiger partial charge in [-0.25, -0.2) is 4.79 Å². The molecule has 9 N–H and O–H groups in total. The molecule has 0 radical (unpaired) electrons. The van der Waals surface area contributed by atoms with Gasteiger partial charge >= 0.3 is 5.97 Å². The first-order valence-electron chi connectivity index (χ1n) is 5.49. The molecule has 0 atom stereocenters. The summed E-state index contributed by atoms with van der Waals surface area (Å²) >= 11 is 0. The number of nitrogens with two attached hydrogens (primary N) is 4. The largest absolute Gasteiger partial charge is 0.478 e. The van der Waals surface area contributed by atoms with E-state index in [0.29, 0.717) is 22.5 Å². The minimum atomic E-state index is -1.13. The summed E-state index contributed by atoms with van der Waals surface area (Å²) in [5, 5.41) is 8.97. The van der Waals surface area contributed by atoms with Crippen molar-refractivity contribution in [2.24, 2.45) is 0 Å². The van der Waals surface area contributed by atoms with E-state index in [1.54, 1.807) is 24.3 Å². The molecule has 0 saturated carbocycles. The van der Waals surface area contributed by atoms with Crippen LogP contribution in [0.5, 0.6) is 0 Å². The maximum Gasteiger partial charge on any atom is 0.337 e. The standard InChI is InChI=1S/C13H14N4O2/c14-9-3-1-2-6(10(9)15)7-4-5-8(13(18)19)12(17)11(7)16/h1-5H,14-17H2,(H,18,19). The van der Waals surface area contributed by atoms with Crippen LogP contribution in [-0.4, -0.2) is 11.1 Å². The van der Waals surface area contributed by atoms with Crippen LogP contribution in [0.1, 0.15) is 10.4 Å². The summed E-state index contributed by atoms with van der Waals surface area (Å²) in [7, 11) is 0. The van der Waals surface area contributed by atoms with Gasteiger partial charge in [-0.1, -0.05) is 18.2 Å².